The van der Waals surface area contributed by atoms with Crippen molar-refractivity contribution in [1.82, 2.24) is 15.5 Å². The van der Waals surface area contributed by atoms with Crippen LogP contribution in [0.15, 0.2) is 60.7 Å². The molecule has 3 atom stereocenters. The van der Waals surface area contributed by atoms with E-state index in [9.17, 15) is 19.5 Å². The standard InChI is InChI=1S/C28H37N3O5S/c1-27(2,3)36-26(35)30-21(16-19-12-8-6-9-13-19)22(32)25(34)31-18-37-28(4,5)23(31)24(33)29-17-20-14-10-7-11-15-20/h6-15,21-23,32H,16-18H2,1-5H3,(H,29,33)(H,30,35)/t21-,22-,23+/m0/s1. The van der Waals surface area contributed by atoms with Crippen LogP contribution in [-0.2, 0) is 27.3 Å². The van der Waals surface area contributed by atoms with Crippen LogP contribution in [0.1, 0.15) is 45.7 Å². The van der Waals surface area contributed by atoms with E-state index in [1.807, 2.05) is 74.5 Å². The first-order valence-corrected chi connectivity index (χ1v) is 13.3. The molecule has 1 saturated heterocycles. The van der Waals surface area contributed by atoms with Gasteiger partial charge in [-0.3, -0.25) is 9.59 Å². The summed E-state index contributed by atoms with van der Waals surface area (Å²) >= 11 is 1.47. The zero-order chi connectivity index (χ0) is 27.2. The van der Waals surface area contributed by atoms with Crippen molar-refractivity contribution in [2.75, 3.05) is 5.88 Å². The Hall–Kier alpha value is -3.04. The van der Waals surface area contributed by atoms with Crippen LogP contribution in [0.4, 0.5) is 4.79 Å². The zero-order valence-electron chi connectivity index (χ0n) is 22.1. The maximum atomic E-state index is 13.6. The summed E-state index contributed by atoms with van der Waals surface area (Å²) < 4.78 is 4.81. The Balaban J connectivity index is 1.78. The fraction of sp³-hybridized carbons (Fsp3) is 0.464. The minimum absolute atomic E-state index is 0.211. The molecular formula is C28H37N3O5S. The Morgan fingerprint density at radius 3 is 2.19 bits per heavy atom. The molecule has 3 amide bonds. The number of hydrogen-bond donors (Lipinski definition) is 3. The summed E-state index contributed by atoms with van der Waals surface area (Å²) in [5.74, 6) is -0.661. The summed E-state index contributed by atoms with van der Waals surface area (Å²) in [7, 11) is 0. The van der Waals surface area contributed by atoms with Gasteiger partial charge >= 0.3 is 6.09 Å². The molecule has 0 saturated carbocycles. The lowest BCUT2D eigenvalue weighted by Gasteiger charge is -2.33. The van der Waals surface area contributed by atoms with E-state index in [0.717, 1.165) is 11.1 Å². The van der Waals surface area contributed by atoms with E-state index in [0.29, 0.717) is 6.54 Å². The molecule has 8 nitrogen and oxygen atoms in total. The third kappa shape index (κ3) is 7.97. The van der Waals surface area contributed by atoms with Gasteiger partial charge in [-0.15, -0.1) is 11.8 Å². The molecule has 200 valence electrons. The molecule has 3 N–H and O–H groups in total. The number of ether oxygens (including phenoxy) is 1. The van der Waals surface area contributed by atoms with E-state index in [-0.39, 0.29) is 18.2 Å². The molecule has 1 aliphatic rings. The Morgan fingerprint density at radius 2 is 1.62 bits per heavy atom. The van der Waals surface area contributed by atoms with E-state index < -0.39 is 40.5 Å². The first kappa shape index (κ1) is 28.5. The fourth-order valence-electron chi connectivity index (χ4n) is 4.21. The van der Waals surface area contributed by atoms with Gasteiger partial charge in [0.25, 0.3) is 5.91 Å². The third-order valence-electron chi connectivity index (χ3n) is 6.02. The molecule has 1 aliphatic heterocycles. The van der Waals surface area contributed by atoms with E-state index >= 15 is 0 Å². The zero-order valence-corrected chi connectivity index (χ0v) is 22.9. The normalized spacial score (nSPS) is 18.5. The number of carbonyl (C=O) groups excluding carboxylic acids is 3. The van der Waals surface area contributed by atoms with Gasteiger partial charge in [-0.2, -0.15) is 0 Å². The predicted molar refractivity (Wildman–Crippen MR) is 145 cm³/mol. The lowest BCUT2D eigenvalue weighted by atomic mass is 9.97. The molecule has 9 heteroatoms. The number of aliphatic hydroxyl groups excluding tert-OH is 1. The number of nitrogens with zero attached hydrogens (tertiary/aromatic N) is 1. The lowest BCUT2D eigenvalue weighted by Crippen LogP contribution is -2.58. The predicted octanol–water partition coefficient (Wildman–Crippen LogP) is 3.48. The molecule has 37 heavy (non-hydrogen) atoms. The number of alkyl carbamates (subject to hydrolysis) is 1. The van der Waals surface area contributed by atoms with E-state index in [1.165, 1.54) is 16.7 Å². The second-order valence-corrected chi connectivity index (χ2v) is 12.3. The van der Waals surface area contributed by atoms with Crippen LogP contribution in [0.25, 0.3) is 0 Å². The van der Waals surface area contributed by atoms with Crippen molar-refractivity contribution >= 4 is 29.7 Å². The number of thioether (sulfide) groups is 1. The average Bonchev–Trinajstić information content (AvgIpc) is 3.16. The van der Waals surface area contributed by atoms with Crippen molar-refractivity contribution in [2.45, 2.75) is 76.1 Å². The van der Waals surface area contributed by atoms with Crippen molar-refractivity contribution < 1.29 is 24.2 Å². The molecule has 0 radical (unpaired) electrons. The summed E-state index contributed by atoms with van der Waals surface area (Å²) in [6, 6.07) is 17.1. The van der Waals surface area contributed by atoms with E-state index in [2.05, 4.69) is 10.6 Å². The number of amides is 3. The maximum absolute atomic E-state index is 13.6. The first-order chi connectivity index (χ1) is 17.4. The van der Waals surface area contributed by atoms with Crippen LogP contribution < -0.4 is 10.6 Å². The number of carbonyl (C=O) groups is 3. The lowest BCUT2D eigenvalue weighted by molar-refractivity contribution is -0.147. The van der Waals surface area contributed by atoms with Crippen molar-refractivity contribution in [2.24, 2.45) is 0 Å². The van der Waals surface area contributed by atoms with E-state index in [1.54, 1.807) is 20.8 Å². The largest absolute Gasteiger partial charge is 0.444 e. The van der Waals surface area contributed by atoms with Crippen LogP contribution in [0.3, 0.4) is 0 Å². The monoisotopic (exact) mass is 527 g/mol. The summed E-state index contributed by atoms with van der Waals surface area (Å²) in [6.07, 6.45) is -2.09. The van der Waals surface area contributed by atoms with Crippen LogP contribution in [-0.4, -0.2) is 62.3 Å². The van der Waals surface area contributed by atoms with Crippen molar-refractivity contribution in [1.29, 1.82) is 0 Å². The van der Waals surface area contributed by atoms with Crippen molar-refractivity contribution in [3.05, 3.63) is 71.8 Å². The van der Waals surface area contributed by atoms with Crippen molar-refractivity contribution in [3.63, 3.8) is 0 Å². The smallest absolute Gasteiger partial charge is 0.407 e. The van der Waals surface area contributed by atoms with Gasteiger partial charge in [-0.05, 0) is 52.2 Å². The van der Waals surface area contributed by atoms with Gasteiger partial charge in [0, 0.05) is 11.3 Å². The molecule has 3 rings (SSSR count). The van der Waals surface area contributed by atoms with Crippen LogP contribution in [0.5, 0.6) is 0 Å². The first-order valence-electron chi connectivity index (χ1n) is 12.3. The number of nitrogens with one attached hydrogen (secondary N) is 2. The quantitative estimate of drug-likeness (QED) is 0.485. The highest BCUT2D eigenvalue weighted by atomic mass is 32.2. The Bertz CT molecular complexity index is 1070. The number of aliphatic hydroxyl groups is 1. The summed E-state index contributed by atoms with van der Waals surface area (Å²) in [5.41, 5.74) is 1.04. The molecule has 0 bridgehead atoms. The molecule has 0 spiro atoms. The van der Waals surface area contributed by atoms with Gasteiger partial charge < -0.3 is 25.4 Å². The molecule has 0 unspecified atom stereocenters. The minimum atomic E-state index is -1.58. The highest BCUT2D eigenvalue weighted by Crippen LogP contribution is 2.40. The number of hydrogen-bond acceptors (Lipinski definition) is 6. The van der Waals surface area contributed by atoms with Gasteiger partial charge in [0.15, 0.2) is 6.10 Å². The molecular weight excluding hydrogens is 490 g/mol. The second-order valence-electron chi connectivity index (χ2n) is 10.7. The highest BCUT2D eigenvalue weighted by molar-refractivity contribution is 8.00. The molecule has 2 aromatic rings. The summed E-state index contributed by atoms with van der Waals surface area (Å²) in [6.45, 7) is 9.36. The van der Waals surface area contributed by atoms with Gasteiger partial charge in [-0.1, -0.05) is 60.7 Å². The number of benzene rings is 2. The Labute approximate surface area is 223 Å². The molecule has 0 aliphatic carbocycles. The van der Waals surface area contributed by atoms with Crippen LogP contribution in [0, 0.1) is 0 Å². The average molecular weight is 528 g/mol. The maximum Gasteiger partial charge on any atom is 0.407 e. The van der Waals surface area contributed by atoms with Gasteiger partial charge in [0.05, 0.1) is 11.9 Å². The SMILES string of the molecule is CC(C)(C)OC(=O)N[C@@H](Cc1ccccc1)[C@H](O)C(=O)N1CSC(C)(C)[C@H]1C(=O)NCc1ccccc1. The molecule has 1 heterocycles. The minimum Gasteiger partial charge on any atom is -0.444 e. The topological polar surface area (TPSA) is 108 Å². The van der Waals surface area contributed by atoms with E-state index in [4.69, 9.17) is 4.74 Å². The van der Waals surface area contributed by atoms with Gasteiger partial charge in [0.2, 0.25) is 5.91 Å². The fourth-order valence-corrected chi connectivity index (χ4v) is 5.35. The number of rotatable bonds is 8. The van der Waals surface area contributed by atoms with Crippen LogP contribution >= 0.6 is 11.8 Å². The summed E-state index contributed by atoms with van der Waals surface area (Å²) in [5, 5.41) is 16.8. The van der Waals surface area contributed by atoms with Gasteiger partial charge in [0.1, 0.15) is 11.6 Å². The summed E-state index contributed by atoms with van der Waals surface area (Å²) in [4.78, 5) is 40.9. The third-order valence-corrected chi connectivity index (χ3v) is 7.40. The Kier molecular flexibility index (Phi) is 9.26. The van der Waals surface area contributed by atoms with Crippen LogP contribution in [0.2, 0.25) is 0 Å². The highest BCUT2D eigenvalue weighted by Gasteiger charge is 2.49. The second kappa shape index (κ2) is 12.0. The molecule has 2 aromatic carbocycles. The molecule has 1 fully saturated rings. The van der Waals surface area contributed by atoms with Crippen molar-refractivity contribution in [3.8, 4) is 0 Å². The van der Waals surface area contributed by atoms with Gasteiger partial charge in [-0.25, -0.2) is 4.79 Å². The molecule has 0 aromatic heterocycles. The Morgan fingerprint density at radius 1 is 1.05 bits per heavy atom.